The molecular weight excluding hydrogens is 428 g/mol. The fourth-order valence-electron chi connectivity index (χ4n) is 3.92. The number of carbonyl (C=O) groups excluding carboxylic acids is 1. The Kier molecular flexibility index (Phi) is 5.49. The van der Waals surface area contributed by atoms with Gasteiger partial charge in [-0.2, -0.15) is 0 Å². The van der Waals surface area contributed by atoms with Crippen LogP contribution in [-0.4, -0.2) is 28.5 Å². The van der Waals surface area contributed by atoms with Crippen LogP contribution in [0.3, 0.4) is 0 Å². The average Bonchev–Trinajstić information content (AvgIpc) is 3.11. The number of rotatable bonds is 6. The molecule has 0 unspecified atom stereocenters. The van der Waals surface area contributed by atoms with Crippen molar-refractivity contribution in [3.63, 3.8) is 0 Å². The zero-order valence-corrected chi connectivity index (χ0v) is 19.2. The molecule has 0 aliphatic carbocycles. The maximum absolute atomic E-state index is 13.2. The Morgan fingerprint density at radius 1 is 0.912 bits per heavy atom. The van der Waals surface area contributed by atoms with Gasteiger partial charge in [-0.25, -0.2) is 9.97 Å². The third-order valence-corrected chi connectivity index (χ3v) is 5.75. The van der Waals surface area contributed by atoms with Gasteiger partial charge in [0.15, 0.2) is 5.60 Å². The van der Waals surface area contributed by atoms with E-state index in [9.17, 15) is 4.79 Å². The van der Waals surface area contributed by atoms with Gasteiger partial charge in [-0.05, 0) is 49.7 Å². The SMILES string of the molecule is COc1ccc(C2=C(c3ccc(OCc4ccc5ccccc5n4)cc3)C(=O)C(C)(C)O2)cn1. The summed E-state index contributed by atoms with van der Waals surface area (Å²) in [5.74, 6) is 1.63. The predicted molar refractivity (Wildman–Crippen MR) is 130 cm³/mol. The number of carbonyl (C=O) groups is 1. The highest BCUT2D eigenvalue weighted by molar-refractivity contribution is 6.32. The Morgan fingerprint density at radius 2 is 1.68 bits per heavy atom. The Labute approximate surface area is 197 Å². The number of methoxy groups -OCH3 is 1. The van der Waals surface area contributed by atoms with E-state index in [1.165, 1.54) is 0 Å². The van der Waals surface area contributed by atoms with Gasteiger partial charge in [0.1, 0.15) is 18.1 Å². The largest absolute Gasteiger partial charge is 0.487 e. The van der Waals surface area contributed by atoms with Crippen molar-refractivity contribution in [1.29, 1.82) is 0 Å². The van der Waals surface area contributed by atoms with Gasteiger partial charge in [-0.3, -0.25) is 4.79 Å². The Balaban J connectivity index is 1.39. The third-order valence-electron chi connectivity index (χ3n) is 5.75. The highest BCUT2D eigenvalue weighted by Gasteiger charge is 2.42. The third kappa shape index (κ3) is 4.10. The van der Waals surface area contributed by atoms with E-state index in [1.807, 2.05) is 66.7 Å². The number of hydrogen-bond acceptors (Lipinski definition) is 6. The number of para-hydroxylation sites is 1. The van der Waals surface area contributed by atoms with Crippen molar-refractivity contribution in [2.75, 3.05) is 7.11 Å². The molecular formula is C28H24N2O4. The quantitative estimate of drug-likeness (QED) is 0.387. The Morgan fingerprint density at radius 3 is 2.41 bits per heavy atom. The van der Waals surface area contributed by atoms with Crippen molar-refractivity contribution in [1.82, 2.24) is 9.97 Å². The summed E-state index contributed by atoms with van der Waals surface area (Å²) >= 11 is 0. The van der Waals surface area contributed by atoms with Crippen LogP contribution in [0, 0.1) is 0 Å². The summed E-state index contributed by atoms with van der Waals surface area (Å²) in [5.41, 5.74) is 2.84. The number of benzene rings is 2. The zero-order chi connectivity index (χ0) is 23.7. The van der Waals surface area contributed by atoms with E-state index in [1.54, 1.807) is 33.2 Å². The van der Waals surface area contributed by atoms with Crippen LogP contribution in [0.25, 0.3) is 22.2 Å². The van der Waals surface area contributed by atoms with Gasteiger partial charge < -0.3 is 14.2 Å². The van der Waals surface area contributed by atoms with Gasteiger partial charge in [-0.1, -0.05) is 36.4 Å². The normalized spacial score (nSPS) is 14.9. The monoisotopic (exact) mass is 452 g/mol. The summed E-state index contributed by atoms with van der Waals surface area (Å²) in [4.78, 5) is 22.1. The molecule has 6 heteroatoms. The van der Waals surface area contributed by atoms with Crippen LogP contribution < -0.4 is 9.47 Å². The van der Waals surface area contributed by atoms with Gasteiger partial charge >= 0.3 is 0 Å². The van der Waals surface area contributed by atoms with E-state index in [2.05, 4.69) is 9.97 Å². The second kappa shape index (κ2) is 8.63. The molecule has 0 amide bonds. The molecule has 2 aromatic heterocycles. The van der Waals surface area contributed by atoms with Crippen molar-refractivity contribution in [3.8, 4) is 11.6 Å². The Bertz CT molecular complexity index is 1390. The Hall–Kier alpha value is -4.19. The second-order valence-corrected chi connectivity index (χ2v) is 8.54. The zero-order valence-electron chi connectivity index (χ0n) is 19.2. The van der Waals surface area contributed by atoms with Gasteiger partial charge in [-0.15, -0.1) is 0 Å². The molecule has 0 radical (unpaired) electrons. The molecule has 4 aromatic rings. The molecule has 0 N–H and O–H groups in total. The van der Waals surface area contributed by atoms with E-state index in [0.29, 0.717) is 29.6 Å². The average molecular weight is 453 g/mol. The lowest BCUT2D eigenvalue weighted by Gasteiger charge is -2.17. The van der Waals surface area contributed by atoms with Crippen LogP contribution in [0.4, 0.5) is 0 Å². The highest BCUT2D eigenvalue weighted by atomic mass is 16.5. The molecule has 34 heavy (non-hydrogen) atoms. The van der Waals surface area contributed by atoms with E-state index >= 15 is 0 Å². The van der Waals surface area contributed by atoms with Crippen molar-refractivity contribution < 1.29 is 19.0 Å². The maximum atomic E-state index is 13.2. The summed E-state index contributed by atoms with van der Waals surface area (Å²) in [6.07, 6.45) is 1.65. The number of fused-ring (bicyclic) bond motifs is 1. The molecule has 0 atom stereocenters. The minimum Gasteiger partial charge on any atom is -0.487 e. The van der Waals surface area contributed by atoms with Crippen LogP contribution in [0.2, 0.25) is 0 Å². The smallest absolute Gasteiger partial charge is 0.212 e. The first-order valence-corrected chi connectivity index (χ1v) is 11.0. The van der Waals surface area contributed by atoms with Crippen LogP contribution in [0.5, 0.6) is 11.6 Å². The molecule has 0 saturated heterocycles. The number of Topliss-reactive ketones (excluding diaryl/α,β-unsaturated/α-hetero) is 1. The van der Waals surface area contributed by atoms with Crippen LogP contribution in [0.15, 0.2) is 79.0 Å². The lowest BCUT2D eigenvalue weighted by Crippen LogP contribution is -2.29. The maximum Gasteiger partial charge on any atom is 0.212 e. The van der Waals surface area contributed by atoms with Crippen molar-refractivity contribution in [3.05, 3.63) is 95.8 Å². The molecule has 0 fully saturated rings. The van der Waals surface area contributed by atoms with Crippen molar-refractivity contribution >= 4 is 28.0 Å². The van der Waals surface area contributed by atoms with Gasteiger partial charge in [0.05, 0.1) is 23.9 Å². The molecule has 1 aliphatic rings. The summed E-state index contributed by atoms with van der Waals surface area (Å²) < 4.78 is 17.2. The first-order chi connectivity index (χ1) is 16.4. The molecule has 5 rings (SSSR count). The summed E-state index contributed by atoms with van der Waals surface area (Å²) in [5, 5.41) is 1.10. The second-order valence-electron chi connectivity index (χ2n) is 8.54. The molecule has 0 spiro atoms. The molecule has 1 aliphatic heterocycles. The van der Waals surface area contributed by atoms with E-state index in [0.717, 1.165) is 27.7 Å². The molecule has 6 nitrogen and oxygen atoms in total. The lowest BCUT2D eigenvalue weighted by atomic mass is 9.93. The van der Waals surface area contributed by atoms with Crippen LogP contribution in [0.1, 0.15) is 30.7 Å². The number of aromatic nitrogens is 2. The number of pyridine rings is 2. The molecule has 170 valence electrons. The standard InChI is InChI=1S/C28H24N2O4/c1-28(2)27(31)25(26(34-28)20-11-15-24(32-3)29-16-20)19-9-13-22(14-10-19)33-17-21-12-8-18-6-4-5-7-23(18)30-21/h4-16H,17H2,1-3H3. The van der Waals surface area contributed by atoms with E-state index in [-0.39, 0.29) is 5.78 Å². The summed E-state index contributed by atoms with van der Waals surface area (Å²) in [6, 6.07) is 23.0. The predicted octanol–water partition coefficient (Wildman–Crippen LogP) is 5.46. The fraction of sp³-hybridized carbons (Fsp3) is 0.179. The van der Waals surface area contributed by atoms with Gasteiger partial charge in [0.2, 0.25) is 11.7 Å². The fourth-order valence-corrected chi connectivity index (χ4v) is 3.92. The minimum atomic E-state index is -0.957. The van der Waals surface area contributed by atoms with E-state index in [4.69, 9.17) is 14.2 Å². The van der Waals surface area contributed by atoms with Gasteiger partial charge in [0, 0.05) is 23.2 Å². The van der Waals surface area contributed by atoms with Crippen LogP contribution in [-0.2, 0) is 16.1 Å². The highest BCUT2D eigenvalue weighted by Crippen LogP contribution is 2.41. The number of ketones is 1. The molecule has 0 saturated carbocycles. The number of hydrogen-bond donors (Lipinski definition) is 0. The minimum absolute atomic E-state index is 0.0765. The number of nitrogens with zero attached hydrogens (tertiary/aromatic N) is 2. The van der Waals surface area contributed by atoms with E-state index < -0.39 is 5.60 Å². The topological polar surface area (TPSA) is 70.5 Å². The summed E-state index contributed by atoms with van der Waals surface area (Å²) in [7, 11) is 1.56. The molecule has 2 aromatic carbocycles. The first-order valence-electron chi connectivity index (χ1n) is 11.0. The number of ether oxygens (including phenoxy) is 3. The first kappa shape index (κ1) is 21.6. The molecule has 3 heterocycles. The van der Waals surface area contributed by atoms with Crippen molar-refractivity contribution in [2.24, 2.45) is 0 Å². The van der Waals surface area contributed by atoms with Gasteiger partial charge in [0.25, 0.3) is 0 Å². The molecule has 0 bridgehead atoms. The summed E-state index contributed by atoms with van der Waals surface area (Å²) in [6.45, 7) is 3.89. The lowest BCUT2D eigenvalue weighted by molar-refractivity contribution is -0.125. The van der Waals surface area contributed by atoms with Crippen molar-refractivity contribution in [2.45, 2.75) is 26.1 Å². The van der Waals surface area contributed by atoms with Crippen LogP contribution >= 0.6 is 0 Å².